The smallest absolute Gasteiger partial charge is 0.170 e. The molecule has 0 radical (unpaired) electrons. The fourth-order valence-electron chi connectivity index (χ4n) is 4.99. The van der Waals surface area contributed by atoms with Gasteiger partial charge in [0.15, 0.2) is 11.2 Å². The van der Waals surface area contributed by atoms with Crippen LogP contribution in [0.4, 0.5) is 8.78 Å². The second-order valence-corrected chi connectivity index (χ2v) is 9.44. The maximum atomic E-state index is 13.4. The molecule has 0 aliphatic carbocycles. The van der Waals surface area contributed by atoms with E-state index < -0.39 is 6.10 Å². The van der Waals surface area contributed by atoms with E-state index in [1.807, 2.05) is 24.3 Å². The molecule has 2 aromatic heterocycles. The van der Waals surface area contributed by atoms with E-state index in [9.17, 15) is 13.9 Å². The molecule has 1 N–H and O–H groups in total. The third-order valence-corrected chi connectivity index (χ3v) is 6.91. The standard InChI is InChI=1S/C28H25F2N3O4/c29-19-3-7-23-25(13-19)36-31-27(23)17-1-5-22(6-2-17)35-16-21(34)15-33-11-9-18(10-12-33)28-24-8-4-20(30)14-26(24)37-32-28/h1-8,13-14,18,21,34H,9-12,15-16H2/t21-/m1/s1. The highest BCUT2D eigenvalue weighted by atomic mass is 19.1. The molecule has 37 heavy (non-hydrogen) atoms. The van der Waals surface area contributed by atoms with Crippen molar-refractivity contribution in [3.63, 3.8) is 0 Å². The zero-order valence-corrected chi connectivity index (χ0v) is 19.9. The van der Waals surface area contributed by atoms with Crippen LogP contribution >= 0.6 is 0 Å². The topological polar surface area (TPSA) is 84.8 Å². The van der Waals surface area contributed by atoms with Gasteiger partial charge in [-0.15, -0.1) is 0 Å². The molecule has 7 nitrogen and oxygen atoms in total. The molecule has 1 atom stereocenters. The molecule has 3 heterocycles. The number of aliphatic hydroxyl groups is 1. The molecular weight excluding hydrogens is 480 g/mol. The van der Waals surface area contributed by atoms with Crippen molar-refractivity contribution in [1.29, 1.82) is 0 Å². The van der Waals surface area contributed by atoms with Crippen molar-refractivity contribution in [3.8, 4) is 17.0 Å². The van der Waals surface area contributed by atoms with Crippen molar-refractivity contribution < 1.29 is 27.7 Å². The summed E-state index contributed by atoms with van der Waals surface area (Å²) in [5.41, 5.74) is 3.21. The monoisotopic (exact) mass is 505 g/mol. The van der Waals surface area contributed by atoms with Gasteiger partial charge in [-0.05, 0) is 74.5 Å². The Kier molecular flexibility index (Phi) is 6.31. The number of aromatic nitrogens is 2. The number of hydrogen-bond acceptors (Lipinski definition) is 7. The van der Waals surface area contributed by atoms with Crippen molar-refractivity contribution in [1.82, 2.24) is 15.2 Å². The van der Waals surface area contributed by atoms with Gasteiger partial charge in [0.25, 0.3) is 0 Å². The lowest BCUT2D eigenvalue weighted by molar-refractivity contribution is 0.0592. The Morgan fingerprint density at radius 1 is 0.892 bits per heavy atom. The number of likely N-dealkylation sites (tertiary alicyclic amines) is 1. The molecule has 6 rings (SSSR count). The Balaban J connectivity index is 1.000. The van der Waals surface area contributed by atoms with Crippen molar-refractivity contribution in [2.45, 2.75) is 24.9 Å². The lowest BCUT2D eigenvalue weighted by atomic mass is 9.91. The number of hydrogen-bond donors (Lipinski definition) is 1. The molecule has 1 saturated heterocycles. The predicted octanol–water partition coefficient (Wildman–Crippen LogP) is 5.53. The summed E-state index contributed by atoms with van der Waals surface area (Å²) >= 11 is 0. The molecule has 0 unspecified atom stereocenters. The highest BCUT2D eigenvalue weighted by Gasteiger charge is 2.26. The maximum Gasteiger partial charge on any atom is 0.170 e. The van der Waals surface area contributed by atoms with E-state index in [-0.39, 0.29) is 24.2 Å². The van der Waals surface area contributed by atoms with E-state index in [0.717, 1.165) is 48.0 Å². The molecule has 1 aliphatic rings. The molecule has 1 fully saturated rings. The zero-order chi connectivity index (χ0) is 25.4. The largest absolute Gasteiger partial charge is 0.491 e. The van der Waals surface area contributed by atoms with Gasteiger partial charge in [-0.2, -0.15) is 0 Å². The van der Waals surface area contributed by atoms with Crippen LogP contribution in [0, 0.1) is 11.6 Å². The molecule has 0 spiro atoms. The molecule has 5 aromatic rings. The zero-order valence-electron chi connectivity index (χ0n) is 19.9. The van der Waals surface area contributed by atoms with Crippen molar-refractivity contribution in [2.24, 2.45) is 0 Å². The van der Waals surface area contributed by atoms with Crippen molar-refractivity contribution in [3.05, 3.63) is 78.0 Å². The van der Waals surface area contributed by atoms with Crippen LogP contribution in [0.15, 0.2) is 69.7 Å². The minimum atomic E-state index is -0.638. The number of ether oxygens (including phenoxy) is 1. The summed E-state index contributed by atoms with van der Waals surface area (Å²) in [5, 5.41) is 20.4. The highest BCUT2D eigenvalue weighted by molar-refractivity contribution is 5.91. The summed E-state index contributed by atoms with van der Waals surface area (Å²) in [7, 11) is 0. The lowest BCUT2D eigenvalue weighted by Gasteiger charge is -2.32. The van der Waals surface area contributed by atoms with Crippen LogP contribution in [0.25, 0.3) is 33.2 Å². The number of benzene rings is 3. The summed E-state index contributed by atoms with van der Waals surface area (Å²) in [6.07, 6.45) is 1.14. The van der Waals surface area contributed by atoms with Crippen molar-refractivity contribution >= 4 is 21.9 Å². The fourth-order valence-corrected chi connectivity index (χ4v) is 4.99. The third kappa shape index (κ3) is 4.92. The summed E-state index contributed by atoms with van der Waals surface area (Å²) in [6.45, 7) is 2.32. The van der Waals surface area contributed by atoms with Crippen LogP contribution in [0.2, 0.25) is 0 Å². The Morgan fingerprint density at radius 2 is 1.54 bits per heavy atom. The highest BCUT2D eigenvalue weighted by Crippen LogP contribution is 2.33. The molecule has 3 aromatic carbocycles. The van der Waals surface area contributed by atoms with Gasteiger partial charge in [-0.1, -0.05) is 10.3 Å². The van der Waals surface area contributed by atoms with Gasteiger partial charge in [-0.25, -0.2) is 8.78 Å². The van der Waals surface area contributed by atoms with Crippen LogP contribution in [0.5, 0.6) is 5.75 Å². The van der Waals surface area contributed by atoms with Crippen LogP contribution in [-0.4, -0.2) is 52.7 Å². The van der Waals surface area contributed by atoms with E-state index in [1.165, 1.54) is 24.3 Å². The Bertz CT molecular complexity index is 1520. The molecule has 0 bridgehead atoms. The number of rotatable bonds is 7. The van der Waals surface area contributed by atoms with E-state index in [2.05, 4.69) is 15.2 Å². The minimum absolute atomic E-state index is 0.172. The predicted molar refractivity (Wildman–Crippen MR) is 133 cm³/mol. The minimum Gasteiger partial charge on any atom is -0.491 e. The summed E-state index contributed by atoms with van der Waals surface area (Å²) in [5.74, 6) is 0.173. The van der Waals surface area contributed by atoms with Gasteiger partial charge in [-0.3, -0.25) is 0 Å². The number of nitrogens with zero attached hydrogens (tertiary/aromatic N) is 3. The van der Waals surface area contributed by atoms with Gasteiger partial charge in [0, 0.05) is 40.9 Å². The van der Waals surface area contributed by atoms with Crippen LogP contribution < -0.4 is 4.74 Å². The maximum absolute atomic E-state index is 13.4. The van der Waals surface area contributed by atoms with Gasteiger partial charge in [0.1, 0.15) is 35.8 Å². The Labute approximate surface area is 211 Å². The number of fused-ring (bicyclic) bond motifs is 2. The SMILES string of the molecule is O[C@@H](COc1ccc(-c2noc3cc(F)ccc23)cc1)CN1CCC(c2noc3cc(F)ccc23)CC1. The first-order valence-electron chi connectivity index (χ1n) is 12.3. The van der Waals surface area contributed by atoms with E-state index in [1.54, 1.807) is 12.1 Å². The first-order chi connectivity index (χ1) is 18.0. The Hall–Kier alpha value is -3.82. The Morgan fingerprint density at radius 3 is 2.27 bits per heavy atom. The molecular formula is C28H25F2N3O4. The van der Waals surface area contributed by atoms with Crippen LogP contribution in [-0.2, 0) is 0 Å². The third-order valence-electron chi connectivity index (χ3n) is 6.91. The summed E-state index contributed by atoms with van der Waals surface area (Å²) in [4.78, 5) is 2.22. The van der Waals surface area contributed by atoms with Gasteiger partial charge < -0.3 is 23.8 Å². The second kappa shape index (κ2) is 9.91. The number of piperidine rings is 1. The normalized spacial score (nSPS) is 16.0. The first kappa shape index (κ1) is 23.6. The average Bonchev–Trinajstić information content (AvgIpc) is 3.52. The summed E-state index contributed by atoms with van der Waals surface area (Å²) in [6, 6.07) is 16.2. The van der Waals surface area contributed by atoms with Crippen molar-refractivity contribution in [2.75, 3.05) is 26.2 Å². The molecule has 1 aliphatic heterocycles. The molecule has 0 saturated carbocycles. The van der Waals surface area contributed by atoms with Gasteiger partial charge in [0.05, 0.1) is 5.69 Å². The molecule has 190 valence electrons. The lowest BCUT2D eigenvalue weighted by Crippen LogP contribution is -2.40. The molecule has 0 amide bonds. The molecule has 9 heteroatoms. The van der Waals surface area contributed by atoms with E-state index >= 15 is 0 Å². The second-order valence-electron chi connectivity index (χ2n) is 9.44. The number of halogens is 2. The van der Waals surface area contributed by atoms with Crippen LogP contribution in [0.1, 0.15) is 24.5 Å². The van der Waals surface area contributed by atoms with Gasteiger partial charge >= 0.3 is 0 Å². The quantitative estimate of drug-likeness (QED) is 0.311. The van der Waals surface area contributed by atoms with E-state index in [4.69, 9.17) is 13.8 Å². The van der Waals surface area contributed by atoms with Crippen LogP contribution in [0.3, 0.4) is 0 Å². The average molecular weight is 506 g/mol. The summed E-state index contributed by atoms with van der Waals surface area (Å²) < 4.78 is 43.2. The number of β-amino-alcohol motifs (C(OH)–C–C–N with tert-alkyl or cyclic N) is 1. The first-order valence-corrected chi connectivity index (χ1v) is 12.3. The van der Waals surface area contributed by atoms with E-state index in [0.29, 0.717) is 29.2 Å². The van der Waals surface area contributed by atoms with Gasteiger partial charge in [0.2, 0.25) is 0 Å². The fraction of sp³-hybridized carbons (Fsp3) is 0.286. The number of aliphatic hydroxyl groups excluding tert-OH is 1.